The van der Waals surface area contributed by atoms with E-state index in [0.29, 0.717) is 24.7 Å². The number of rotatable bonds is 3. The Balaban J connectivity index is 1.83. The third-order valence-electron chi connectivity index (χ3n) is 3.36. The second-order valence-electron chi connectivity index (χ2n) is 4.82. The Hall–Kier alpha value is -1.73. The summed E-state index contributed by atoms with van der Waals surface area (Å²) in [6, 6.07) is 7.70. The van der Waals surface area contributed by atoms with Gasteiger partial charge in [-0.05, 0) is 25.0 Å². The zero-order chi connectivity index (χ0) is 14.2. The van der Waals surface area contributed by atoms with Gasteiger partial charge in [0.05, 0.1) is 12.3 Å². The SMILES string of the molecule is Cc1ccccc1-c1nnc(CN2CCCS2(=O)=O)o1. The smallest absolute Gasteiger partial charge is 0.248 e. The molecule has 1 aliphatic rings. The summed E-state index contributed by atoms with van der Waals surface area (Å²) in [5.41, 5.74) is 1.91. The zero-order valence-corrected chi connectivity index (χ0v) is 11.9. The second kappa shape index (κ2) is 4.99. The van der Waals surface area contributed by atoms with Crippen LogP contribution in [0.5, 0.6) is 0 Å². The Morgan fingerprint density at radius 2 is 2.10 bits per heavy atom. The number of hydrogen-bond acceptors (Lipinski definition) is 5. The van der Waals surface area contributed by atoms with E-state index in [-0.39, 0.29) is 12.3 Å². The van der Waals surface area contributed by atoms with Crippen LogP contribution in [-0.2, 0) is 16.6 Å². The lowest BCUT2D eigenvalue weighted by atomic mass is 10.1. The van der Waals surface area contributed by atoms with Crippen LogP contribution in [0.3, 0.4) is 0 Å². The molecular weight excluding hydrogens is 278 g/mol. The highest BCUT2D eigenvalue weighted by Crippen LogP contribution is 2.23. The molecule has 1 fully saturated rings. The molecule has 0 unspecified atom stereocenters. The summed E-state index contributed by atoms with van der Waals surface area (Å²) >= 11 is 0. The number of sulfonamides is 1. The number of aryl methyl sites for hydroxylation is 1. The third kappa shape index (κ3) is 2.46. The molecule has 3 rings (SSSR count). The summed E-state index contributed by atoms with van der Waals surface area (Å²) in [6.07, 6.45) is 0.654. The average Bonchev–Trinajstić information content (AvgIpc) is 2.98. The fourth-order valence-corrected chi connectivity index (χ4v) is 3.73. The van der Waals surface area contributed by atoms with Crippen LogP contribution in [0.4, 0.5) is 0 Å². The highest BCUT2D eigenvalue weighted by atomic mass is 32.2. The summed E-state index contributed by atoms with van der Waals surface area (Å²) in [6.45, 7) is 2.63. The molecule has 0 N–H and O–H groups in total. The van der Waals surface area contributed by atoms with Gasteiger partial charge in [0.1, 0.15) is 0 Å². The van der Waals surface area contributed by atoms with Crippen molar-refractivity contribution in [1.29, 1.82) is 0 Å². The molecule has 0 radical (unpaired) electrons. The van der Waals surface area contributed by atoms with Gasteiger partial charge >= 0.3 is 0 Å². The van der Waals surface area contributed by atoms with Crippen molar-refractivity contribution >= 4 is 10.0 Å². The molecule has 1 aliphatic heterocycles. The molecule has 106 valence electrons. The molecule has 0 saturated carbocycles. The molecule has 0 spiro atoms. The summed E-state index contributed by atoms with van der Waals surface area (Å²) in [7, 11) is -3.14. The Morgan fingerprint density at radius 3 is 2.80 bits per heavy atom. The van der Waals surface area contributed by atoms with Gasteiger partial charge in [0.25, 0.3) is 0 Å². The first-order valence-electron chi connectivity index (χ1n) is 6.42. The van der Waals surface area contributed by atoms with E-state index in [4.69, 9.17) is 4.42 Å². The summed E-state index contributed by atoms with van der Waals surface area (Å²) in [4.78, 5) is 0. The van der Waals surface area contributed by atoms with Crippen LogP contribution in [0.2, 0.25) is 0 Å². The first kappa shape index (κ1) is 13.3. The van der Waals surface area contributed by atoms with Crippen LogP contribution in [0, 0.1) is 6.92 Å². The van der Waals surface area contributed by atoms with E-state index in [0.717, 1.165) is 11.1 Å². The molecule has 6 nitrogen and oxygen atoms in total. The van der Waals surface area contributed by atoms with Crippen molar-refractivity contribution in [3.05, 3.63) is 35.7 Å². The van der Waals surface area contributed by atoms with Crippen LogP contribution >= 0.6 is 0 Å². The Bertz CT molecular complexity index is 724. The Labute approximate surface area is 117 Å². The lowest BCUT2D eigenvalue weighted by Crippen LogP contribution is -2.25. The molecule has 0 bridgehead atoms. The lowest BCUT2D eigenvalue weighted by molar-refractivity contribution is 0.379. The molecule has 0 atom stereocenters. The van der Waals surface area contributed by atoms with Crippen molar-refractivity contribution in [3.63, 3.8) is 0 Å². The second-order valence-corrected chi connectivity index (χ2v) is 6.91. The molecule has 0 amide bonds. The van der Waals surface area contributed by atoms with E-state index in [1.165, 1.54) is 4.31 Å². The highest BCUT2D eigenvalue weighted by Gasteiger charge is 2.29. The molecule has 2 heterocycles. The predicted octanol–water partition coefficient (Wildman–Crippen LogP) is 1.58. The minimum absolute atomic E-state index is 0.154. The largest absolute Gasteiger partial charge is 0.419 e. The minimum atomic E-state index is -3.14. The highest BCUT2D eigenvalue weighted by molar-refractivity contribution is 7.89. The Kier molecular flexibility index (Phi) is 3.31. The van der Waals surface area contributed by atoms with E-state index in [9.17, 15) is 8.42 Å². The van der Waals surface area contributed by atoms with Gasteiger partial charge in [-0.1, -0.05) is 18.2 Å². The maximum Gasteiger partial charge on any atom is 0.248 e. The van der Waals surface area contributed by atoms with Crippen LogP contribution in [0.15, 0.2) is 28.7 Å². The quantitative estimate of drug-likeness (QED) is 0.858. The summed E-state index contributed by atoms with van der Waals surface area (Å²) in [5.74, 6) is 0.953. The van der Waals surface area contributed by atoms with Crippen LogP contribution in [-0.4, -0.2) is 35.2 Å². The van der Waals surface area contributed by atoms with Crippen molar-refractivity contribution in [2.24, 2.45) is 0 Å². The van der Waals surface area contributed by atoms with Gasteiger partial charge in [0.2, 0.25) is 21.8 Å². The van der Waals surface area contributed by atoms with Crippen molar-refractivity contribution in [2.75, 3.05) is 12.3 Å². The lowest BCUT2D eigenvalue weighted by Gasteiger charge is -2.10. The van der Waals surface area contributed by atoms with E-state index >= 15 is 0 Å². The minimum Gasteiger partial charge on any atom is -0.419 e. The fraction of sp³-hybridized carbons (Fsp3) is 0.385. The molecular formula is C13H15N3O3S. The van der Waals surface area contributed by atoms with Crippen molar-refractivity contribution in [3.8, 4) is 11.5 Å². The van der Waals surface area contributed by atoms with Crippen LogP contribution in [0.1, 0.15) is 17.9 Å². The van der Waals surface area contributed by atoms with Crippen molar-refractivity contribution < 1.29 is 12.8 Å². The molecule has 0 aliphatic carbocycles. The first-order chi connectivity index (χ1) is 9.56. The number of benzene rings is 1. The van der Waals surface area contributed by atoms with Gasteiger partial charge in [-0.3, -0.25) is 0 Å². The summed E-state index contributed by atoms with van der Waals surface area (Å²) < 4.78 is 30.4. The first-order valence-corrected chi connectivity index (χ1v) is 8.03. The zero-order valence-electron chi connectivity index (χ0n) is 11.1. The molecule has 1 aromatic heterocycles. The van der Waals surface area contributed by atoms with E-state index in [1.54, 1.807) is 0 Å². The third-order valence-corrected chi connectivity index (χ3v) is 5.26. The van der Waals surface area contributed by atoms with Crippen molar-refractivity contribution in [2.45, 2.75) is 19.9 Å². The monoisotopic (exact) mass is 293 g/mol. The number of hydrogen-bond donors (Lipinski definition) is 0. The van der Waals surface area contributed by atoms with E-state index < -0.39 is 10.0 Å². The predicted molar refractivity (Wildman–Crippen MR) is 73.3 cm³/mol. The molecule has 1 saturated heterocycles. The van der Waals surface area contributed by atoms with Crippen LogP contribution < -0.4 is 0 Å². The molecule has 20 heavy (non-hydrogen) atoms. The van der Waals surface area contributed by atoms with Crippen molar-refractivity contribution in [1.82, 2.24) is 14.5 Å². The van der Waals surface area contributed by atoms with Gasteiger partial charge in [-0.25, -0.2) is 8.42 Å². The van der Waals surface area contributed by atoms with Gasteiger partial charge in [0, 0.05) is 12.1 Å². The maximum absolute atomic E-state index is 11.7. The molecule has 7 heteroatoms. The summed E-state index contributed by atoms with van der Waals surface area (Å²) in [5, 5.41) is 7.94. The Morgan fingerprint density at radius 1 is 1.30 bits per heavy atom. The van der Waals surface area contributed by atoms with Gasteiger partial charge in [-0.15, -0.1) is 10.2 Å². The van der Waals surface area contributed by atoms with Crippen LogP contribution in [0.25, 0.3) is 11.5 Å². The topological polar surface area (TPSA) is 76.3 Å². The maximum atomic E-state index is 11.7. The number of aromatic nitrogens is 2. The fourth-order valence-electron chi connectivity index (χ4n) is 2.26. The molecule has 1 aromatic carbocycles. The van der Waals surface area contributed by atoms with E-state index in [2.05, 4.69) is 10.2 Å². The molecule has 2 aromatic rings. The van der Waals surface area contributed by atoms with E-state index in [1.807, 2.05) is 31.2 Å². The van der Waals surface area contributed by atoms with Gasteiger partial charge in [0.15, 0.2) is 0 Å². The average molecular weight is 293 g/mol. The number of nitrogens with zero attached hydrogens (tertiary/aromatic N) is 3. The van der Waals surface area contributed by atoms with Gasteiger partial charge < -0.3 is 4.42 Å². The normalized spacial score (nSPS) is 18.4. The van der Waals surface area contributed by atoms with Gasteiger partial charge in [-0.2, -0.15) is 4.31 Å². The standard InChI is InChI=1S/C13H15N3O3S/c1-10-5-2-3-6-11(10)13-15-14-12(19-13)9-16-7-4-8-20(16,17)18/h2-3,5-6H,4,7-9H2,1H3.